The van der Waals surface area contributed by atoms with E-state index < -0.39 is 72.5 Å². The Kier molecular flexibility index (Phi) is 12.2. The first-order valence-corrected chi connectivity index (χ1v) is 14.2. The maximum atomic E-state index is 13.9. The minimum atomic E-state index is -1.65. The van der Waals surface area contributed by atoms with Gasteiger partial charge in [0.2, 0.25) is 23.6 Å². The van der Waals surface area contributed by atoms with Crippen LogP contribution in [0.15, 0.2) is 30.3 Å². The minimum Gasteiger partial charge on any atom is -0.481 e. The van der Waals surface area contributed by atoms with Gasteiger partial charge in [-0.25, -0.2) is 0 Å². The third-order valence-corrected chi connectivity index (χ3v) is 7.37. The van der Waals surface area contributed by atoms with Gasteiger partial charge in [-0.2, -0.15) is 0 Å². The Morgan fingerprint density at radius 3 is 2.37 bits per heavy atom. The molecule has 4 amide bonds. The van der Waals surface area contributed by atoms with Crippen molar-refractivity contribution in [1.82, 2.24) is 37.2 Å². The predicted octanol–water partition coefficient (Wildman–Crippen LogP) is -3.42. The Hall–Kier alpha value is -4.28. The zero-order valence-electron chi connectivity index (χ0n) is 23.8. The number of hydrogen-bond acceptors (Lipinski definition) is 9. The number of hydrogen-bond donors (Lipinski definition) is 11. The number of amides is 4. The Morgan fingerprint density at radius 1 is 1.02 bits per heavy atom. The van der Waals surface area contributed by atoms with Gasteiger partial charge in [0.25, 0.3) is 0 Å². The van der Waals surface area contributed by atoms with Crippen molar-refractivity contribution in [3.8, 4) is 0 Å². The lowest BCUT2D eigenvalue weighted by Crippen LogP contribution is -2.67. The Bertz CT molecular complexity index is 1160. The van der Waals surface area contributed by atoms with Crippen LogP contribution in [0.5, 0.6) is 0 Å². The molecule has 1 aromatic carbocycles. The second kappa shape index (κ2) is 15.8. The van der Waals surface area contributed by atoms with E-state index in [-0.39, 0.29) is 38.2 Å². The number of aliphatic hydroxyl groups is 1. The fraction of sp³-hybridized carbons (Fsp3) is 0.556. The fourth-order valence-electron chi connectivity index (χ4n) is 5.04. The molecule has 0 radical (unpaired) electrons. The van der Waals surface area contributed by atoms with Crippen LogP contribution in [0.1, 0.15) is 37.7 Å². The van der Waals surface area contributed by atoms with Gasteiger partial charge in [0.15, 0.2) is 5.96 Å². The Balaban J connectivity index is 1.96. The van der Waals surface area contributed by atoms with Crippen molar-refractivity contribution in [2.75, 3.05) is 26.2 Å². The number of aliphatic carboxylic acids is 1. The standard InChI is InChI=1S/C27H41N9O7/c28-26(29)31-10-4-7-17-24(42)36-27(8-11-30-12-9-27)25(43)35-18(13-16-5-2-1-3-6-16)23(41)34-19(14-21(38)39)22(40)32-15-20(37)33-17/h1-3,5-6,17-19,22,30,32,40H,4,7-15H2,(H,33,37)(H,34,41)(H,35,43)(H,36,42)(H,38,39)(H4,28,29,31)/t17-,18+,19-,22?/m0/s1. The number of nitrogens with one attached hydrogen (secondary N) is 8. The van der Waals surface area contributed by atoms with Crippen molar-refractivity contribution < 1.29 is 34.2 Å². The van der Waals surface area contributed by atoms with E-state index >= 15 is 0 Å². The van der Waals surface area contributed by atoms with Gasteiger partial charge >= 0.3 is 5.97 Å². The number of guanidine groups is 1. The van der Waals surface area contributed by atoms with Crippen molar-refractivity contribution in [2.45, 2.75) is 68.4 Å². The lowest BCUT2D eigenvalue weighted by molar-refractivity contribution is -0.140. The summed E-state index contributed by atoms with van der Waals surface area (Å²) in [6.07, 6.45) is -1.38. The van der Waals surface area contributed by atoms with Gasteiger partial charge in [0.1, 0.15) is 23.9 Å². The van der Waals surface area contributed by atoms with Gasteiger partial charge in [-0.05, 0) is 44.3 Å². The second-order valence-electron chi connectivity index (χ2n) is 10.7. The summed E-state index contributed by atoms with van der Waals surface area (Å²) < 4.78 is 0. The summed E-state index contributed by atoms with van der Waals surface area (Å²) in [6.45, 7) is 0.564. The van der Waals surface area contributed by atoms with E-state index in [2.05, 4.69) is 37.2 Å². The minimum absolute atomic E-state index is 0.0514. The van der Waals surface area contributed by atoms with E-state index in [1.54, 1.807) is 30.3 Å². The van der Waals surface area contributed by atoms with Crippen LogP contribution in [0.2, 0.25) is 0 Å². The van der Waals surface area contributed by atoms with Gasteiger partial charge < -0.3 is 47.8 Å². The molecule has 3 rings (SSSR count). The molecule has 0 aliphatic carbocycles. The zero-order valence-corrected chi connectivity index (χ0v) is 23.8. The molecule has 16 nitrogen and oxygen atoms in total. The van der Waals surface area contributed by atoms with Gasteiger partial charge in [0, 0.05) is 13.0 Å². The smallest absolute Gasteiger partial charge is 0.305 e. The van der Waals surface area contributed by atoms with Gasteiger partial charge in [0.05, 0.1) is 19.0 Å². The molecule has 1 aromatic rings. The molecule has 2 saturated heterocycles. The molecule has 2 aliphatic rings. The maximum absolute atomic E-state index is 13.9. The fourth-order valence-corrected chi connectivity index (χ4v) is 5.04. The molecule has 16 heteroatoms. The van der Waals surface area contributed by atoms with E-state index in [0.717, 1.165) is 0 Å². The van der Waals surface area contributed by atoms with Crippen LogP contribution in [0.25, 0.3) is 0 Å². The second-order valence-corrected chi connectivity index (χ2v) is 10.7. The number of nitrogens with two attached hydrogens (primary N) is 1. The summed E-state index contributed by atoms with van der Waals surface area (Å²) in [5.74, 6) is -4.20. The van der Waals surface area contributed by atoms with E-state index in [4.69, 9.17) is 11.1 Å². The summed E-state index contributed by atoms with van der Waals surface area (Å²) in [4.78, 5) is 65.4. The van der Waals surface area contributed by atoms with Crippen LogP contribution >= 0.6 is 0 Å². The molecule has 43 heavy (non-hydrogen) atoms. The zero-order chi connectivity index (χ0) is 31.4. The average Bonchev–Trinajstić information content (AvgIpc) is 2.96. The number of carbonyl (C=O) groups excluding carboxylic acids is 4. The molecule has 2 aliphatic heterocycles. The van der Waals surface area contributed by atoms with Gasteiger partial charge in [-0.1, -0.05) is 30.3 Å². The van der Waals surface area contributed by atoms with E-state index in [0.29, 0.717) is 25.1 Å². The van der Waals surface area contributed by atoms with E-state index in [1.165, 1.54) is 0 Å². The number of carboxylic acid groups (broad SMARTS) is 1. The van der Waals surface area contributed by atoms with Crippen LogP contribution in [0, 0.1) is 5.41 Å². The van der Waals surface area contributed by atoms with Gasteiger partial charge in [-0.3, -0.25) is 34.7 Å². The monoisotopic (exact) mass is 603 g/mol. The summed E-state index contributed by atoms with van der Waals surface area (Å²) in [5, 5.41) is 46.4. The Morgan fingerprint density at radius 2 is 1.72 bits per heavy atom. The molecule has 1 spiro atoms. The molecule has 0 aromatic heterocycles. The Labute approximate surface area is 248 Å². The average molecular weight is 604 g/mol. The van der Waals surface area contributed by atoms with Crippen molar-refractivity contribution >= 4 is 35.6 Å². The third kappa shape index (κ3) is 10.2. The van der Waals surface area contributed by atoms with Crippen molar-refractivity contribution in [3.63, 3.8) is 0 Å². The molecule has 2 heterocycles. The largest absolute Gasteiger partial charge is 0.481 e. The number of carboxylic acids is 1. The van der Waals surface area contributed by atoms with Crippen LogP contribution in [0.3, 0.4) is 0 Å². The number of carbonyl (C=O) groups is 5. The van der Waals surface area contributed by atoms with Crippen LogP contribution in [0.4, 0.5) is 0 Å². The van der Waals surface area contributed by atoms with Crippen LogP contribution < -0.4 is 43.0 Å². The number of rotatable bonds is 8. The maximum Gasteiger partial charge on any atom is 0.305 e. The first-order chi connectivity index (χ1) is 20.5. The highest BCUT2D eigenvalue weighted by atomic mass is 16.4. The molecule has 4 atom stereocenters. The van der Waals surface area contributed by atoms with E-state index in [9.17, 15) is 34.2 Å². The number of benzene rings is 1. The molecule has 0 bridgehead atoms. The van der Waals surface area contributed by atoms with Crippen LogP contribution in [-0.2, 0) is 30.4 Å². The van der Waals surface area contributed by atoms with Crippen molar-refractivity contribution in [3.05, 3.63) is 35.9 Å². The summed E-state index contributed by atoms with van der Waals surface area (Å²) in [5.41, 5.74) is 4.63. The highest BCUT2D eigenvalue weighted by Gasteiger charge is 2.44. The number of aliphatic hydroxyl groups excluding tert-OH is 1. The topological polar surface area (TPSA) is 260 Å². The molecule has 0 saturated carbocycles. The highest BCUT2D eigenvalue weighted by molar-refractivity contribution is 5.97. The highest BCUT2D eigenvalue weighted by Crippen LogP contribution is 2.21. The molecular weight excluding hydrogens is 562 g/mol. The molecule has 2 fully saturated rings. The van der Waals surface area contributed by atoms with E-state index in [1.807, 2.05) is 0 Å². The molecule has 236 valence electrons. The third-order valence-electron chi connectivity index (χ3n) is 7.37. The number of piperidine rings is 1. The summed E-state index contributed by atoms with van der Waals surface area (Å²) in [7, 11) is 0. The summed E-state index contributed by atoms with van der Waals surface area (Å²) >= 11 is 0. The lowest BCUT2D eigenvalue weighted by atomic mass is 9.86. The predicted molar refractivity (Wildman–Crippen MR) is 154 cm³/mol. The van der Waals surface area contributed by atoms with Gasteiger partial charge in [-0.15, -0.1) is 0 Å². The normalized spacial score (nSPS) is 25.2. The first-order valence-electron chi connectivity index (χ1n) is 14.2. The SMILES string of the molecule is N=C(N)NCCC[C@@H]1NC(=O)CNC(O)[C@H](CC(=O)O)NC(=O)[C@@H](Cc2ccccc2)NC(=O)C2(CCNCC2)NC1=O. The first kappa shape index (κ1) is 33.2. The summed E-state index contributed by atoms with van der Waals surface area (Å²) in [6, 6.07) is 5.26. The molecular formula is C27H41N9O7. The van der Waals surface area contributed by atoms with Crippen LogP contribution in [-0.4, -0.2) is 102 Å². The lowest BCUT2D eigenvalue weighted by Gasteiger charge is -2.39. The van der Waals surface area contributed by atoms with Crippen molar-refractivity contribution in [1.29, 1.82) is 5.41 Å². The molecule has 1 unspecified atom stereocenters. The van der Waals surface area contributed by atoms with Crippen molar-refractivity contribution in [2.24, 2.45) is 5.73 Å². The molecule has 12 N–H and O–H groups in total. The quantitative estimate of drug-likeness (QED) is 0.0792.